The van der Waals surface area contributed by atoms with Crippen molar-refractivity contribution in [3.63, 3.8) is 0 Å². The lowest BCUT2D eigenvalue weighted by Crippen LogP contribution is -2.33. The summed E-state index contributed by atoms with van der Waals surface area (Å²) in [4.78, 5) is 4.48. The zero-order chi connectivity index (χ0) is 11.3. The average Bonchev–Trinajstić information content (AvgIpc) is 2.26. The Morgan fingerprint density at radius 1 is 1.33 bits per heavy atom. The third kappa shape index (κ3) is 3.63. The highest BCUT2D eigenvalue weighted by atomic mass is 14.9. The number of rotatable bonds is 5. The van der Waals surface area contributed by atoms with Crippen LogP contribution in [0.1, 0.15) is 32.0 Å². The van der Waals surface area contributed by atoms with Gasteiger partial charge in [-0.15, -0.1) is 0 Å². The molecule has 1 unspecified atom stereocenters. The Balaban J connectivity index is 2.63. The van der Waals surface area contributed by atoms with Crippen molar-refractivity contribution < 1.29 is 0 Å². The lowest BCUT2D eigenvalue weighted by molar-refractivity contribution is 0.421. The van der Waals surface area contributed by atoms with Gasteiger partial charge in [0.25, 0.3) is 0 Å². The lowest BCUT2D eigenvalue weighted by atomic mass is 9.99. The minimum atomic E-state index is 0.518. The summed E-state index contributed by atoms with van der Waals surface area (Å²) in [5.74, 6) is 0.641. The van der Waals surface area contributed by atoms with Gasteiger partial charge in [-0.3, -0.25) is 4.98 Å². The molecule has 0 bridgehead atoms. The van der Waals surface area contributed by atoms with Crippen molar-refractivity contribution in [2.24, 2.45) is 5.92 Å². The third-order valence-electron chi connectivity index (χ3n) is 2.90. The first-order valence-electron chi connectivity index (χ1n) is 5.78. The molecule has 1 atom stereocenters. The van der Waals surface area contributed by atoms with E-state index in [1.165, 1.54) is 11.3 Å². The summed E-state index contributed by atoms with van der Waals surface area (Å²) in [6, 6.07) is 4.84. The van der Waals surface area contributed by atoms with Crippen molar-refractivity contribution >= 4 is 0 Å². The molecule has 84 valence electrons. The molecular formula is C13H22N2. The fourth-order valence-electron chi connectivity index (χ4n) is 1.68. The Morgan fingerprint density at radius 3 is 2.47 bits per heavy atom. The first-order chi connectivity index (χ1) is 7.17. The fraction of sp³-hybridized carbons (Fsp3) is 0.615. The van der Waals surface area contributed by atoms with Gasteiger partial charge in [0.2, 0.25) is 0 Å². The van der Waals surface area contributed by atoms with Crippen LogP contribution in [0, 0.1) is 5.92 Å². The topological polar surface area (TPSA) is 24.9 Å². The molecule has 2 nitrogen and oxygen atoms in total. The maximum Gasteiger partial charge on any atom is 0.0419 e. The molecule has 0 aliphatic carbocycles. The van der Waals surface area contributed by atoms with Crippen LogP contribution in [0.2, 0.25) is 0 Å². The van der Waals surface area contributed by atoms with Gasteiger partial charge in [-0.05, 0) is 31.0 Å². The zero-order valence-corrected chi connectivity index (χ0v) is 10.2. The van der Waals surface area contributed by atoms with E-state index in [2.05, 4.69) is 43.2 Å². The predicted octanol–water partition coefficient (Wildman–Crippen LogP) is 2.43. The van der Waals surface area contributed by atoms with Gasteiger partial charge in [0, 0.05) is 24.4 Å². The largest absolute Gasteiger partial charge is 0.316 e. The van der Waals surface area contributed by atoms with Crippen LogP contribution >= 0.6 is 0 Å². The van der Waals surface area contributed by atoms with Gasteiger partial charge in [-0.2, -0.15) is 0 Å². The quantitative estimate of drug-likeness (QED) is 0.800. The maximum atomic E-state index is 4.48. The number of aromatic nitrogens is 1. The van der Waals surface area contributed by atoms with Crippen molar-refractivity contribution in [1.82, 2.24) is 10.3 Å². The SMILES string of the molecule is CCc1ccc(CC(NC)C(C)C)nc1. The molecule has 0 amide bonds. The summed E-state index contributed by atoms with van der Waals surface area (Å²) in [5.41, 5.74) is 2.49. The molecule has 2 heteroatoms. The number of nitrogens with one attached hydrogen (secondary N) is 1. The van der Waals surface area contributed by atoms with Gasteiger partial charge in [0.05, 0.1) is 0 Å². The molecule has 0 fully saturated rings. The van der Waals surface area contributed by atoms with Gasteiger partial charge >= 0.3 is 0 Å². The van der Waals surface area contributed by atoms with E-state index < -0.39 is 0 Å². The first kappa shape index (κ1) is 12.2. The van der Waals surface area contributed by atoms with E-state index >= 15 is 0 Å². The standard InChI is InChI=1S/C13H22N2/c1-5-11-6-7-12(15-9-11)8-13(14-4)10(2)3/h6-7,9-10,13-14H,5,8H2,1-4H3. The molecular weight excluding hydrogens is 184 g/mol. The van der Waals surface area contributed by atoms with Crippen molar-refractivity contribution in [1.29, 1.82) is 0 Å². The van der Waals surface area contributed by atoms with E-state index in [1.54, 1.807) is 0 Å². The van der Waals surface area contributed by atoms with Gasteiger partial charge < -0.3 is 5.32 Å². The van der Waals surface area contributed by atoms with E-state index in [0.717, 1.165) is 12.8 Å². The molecule has 0 spiro atoms. The molecule has 0 saturated heterocycles. The van der Waals surface area contributed by atoms with Crippen LogP contribution in [0.3, 0.4) is 0 Å². The fourth-order valence-corrected chi connectivity index (χ4v) is 1.68. The molecule has 1 aromatic rings. The van der Waals surface area contributed by atoms with Crippen molar-refractivity contribution in [2.45, 2.75) is 39.7 Å². The number of hydrogen-bond donors (Lipinski definition) is 1. The third-order valence-corrected chi connectivity index (χ3v) is 2.90. The molecule has 1 heterocycles. The zero-order valence-electron chi connectivity index (χ0n) is 10.2. The van der Waals surface area contributed by atoms with Crippen LogP contribution in [0.25, 0.3) is 0 Å². The molecule has 1 N–H and O–H groups in total. The molecule has 0 radical (unpaired) electrons. The van der Waals surface area contributed by atoms with Crippen LogP contribution in [-0.4, -0.2) is 18.1 Å². The van der Waals surface area contributed by atoms with Gasteiger partial charge in [-0.1, -0.05) is 26.8 Å². The lowest BCUT2D eigenvalue weighted by Gasteiger charge is -2.19. The molecule has 0 aliphatic heterocycles. The van der Waals surface area contributed by atoms with E-state index in [1.807, 2.05) is 13.2 Å². The number of aryl methyl sites for hydroxylation is 1. The molecule has 0 saturated carbocycles. The molecule has 0 aromatic carbocycles. The Morgan fingerprint density at radius 2 is 2.07 bits per heavy atom. The monoisotopic (exact) mass is 206 g/mol. The number of nitrogens with zero attached hydrogens (tertiary/aromatic N) is 1. The summed E-state index contributed by atoms with van der Waals surface area (Å²) < 4.78 is 0. The van der Waals surface area contributed by atoms with Crippen molar-refractivity contribution in [2.75, 3.05) is 7.05 Å². The van der Waals surface area contributed by atoms with E-state index in [-0.39, 0.29) is 0 Å². The van der Waals surface area contributed by atoms with Gasteiger partial charge in [0.1, 0.15) is 0 Å². The highest BCUT2D eigenvalue weighted by molar-refractivity contribution is 5.14. The van der Waals surface area contributed by atoms with Crippen LogP contribution in [0.15, 0.2) is 18.3 Å². The van der Waals surface area contributed by atoms with Crippen LogP contribution in [0.4, 0.5) is 0 Å². The van der Waals surface area contributed by atoms with Crippen LogP contribution in [0.5, 0.6) is 0 Å². The predicted molar refractivity (Wildman–Crippen MR) is 65.0 cm³/mol. The molecule has 15 heavy (non-hydrogen) atoms. The average molecular weight is 206 g/mol. The number of pyridine rings is 1. The van der Waals surface area contributed by atoms with Crippen LogP contribution in [-0.2, 0) is 12.8 Å². The second-order valence-corrected chi connectivity index (χ2v) is 4.35. The van der Waals surface area contributed by atoms with Crippen molar-refractivity contribution in [3.8, 4) is 0 Å². The summed E-state index contributed by atoms with van der Waals surface area (Å²) in [7, 11) is 2.02. The Labute approximate surface area is 93.1 Å². The minimum absolute atomic E-state index is 0.518. The number of likely N-dealkylation sites (N-methyl/N-ethyl adjacent to an activating group) is 1. The first-order valence-corrected chi connectivity index (χ1v) is 5.78. The molecule has 1 aromatic heterocycles. The summed E-state index contributed by atoms with van der Waals surface area (Å²) in [6.07, 6.45) is 4.06. The number of hydrogen-bond acceptors (Lipinski definition) is 2. The molecule has 0 aliphatic rings. The summed E-state index contributed by atoms with van der Waals surface area (Å²) >= 11 is 0. The maximum absolute atomic E-state index is 4.48. The molecule has 1 rings (SSSR count). The summed E-state index contributed by atoms with van der Waals surface area (Å²) in [6.45, 7) is 6.63. The van der Waals surface area contributed by atoms with Gasteiger partial charge in [0.15, 0.2) is 0 Å². The second kappa shape index (κ2) is 5.86. The Bertz CT molecular complexity index is 277. The minimum Gasteiger partial charge on any atom is -0.316 e. The highest BCUT2D eigenvalue weighted by Crippen LogP contribution is 2.09. The Hall–Kier alpha value is -0.890. The normalized spacial score (nSPS) is 13.1. The smallest absolute Gasteiger partial charge is 0.0419 e. The van der Waals surface area contributed by atoms with E-state index in [9.17, 15) is 0 Å². The highest BCUT2D eigenvalue weighted by Gasteiger charge is 2.11. The van der Waals surface area contributed by atoms with Crippen LogP contribution < -0.4 is 5.32 Å². The van der Waals surface area contributed by atoms with Crippen molar-refractivity contribution in [3.05, 3.63) is 29.6 Å². The second-order valence-electron chi connectivity index (χ2n) is 4.35. The van der Waals surface area contributed by atoms with Gasteiger partial charge in [-0.25, -0.2) is 0 Å². The van der Waals surface area contributed by atoms with E-state index in [0.29, 0.717) is 12.0 Å². The Kier molecular flexibility index (Phi) is 4.76. The van der Waals surface area contributed by atoms with E-state index in [4.69, 9.17) is 0 Å². The summed E-state index contributed by atoms with van der Waals surface area (Å²) in [5, 5.41) is 3.34.